The molecule has 2 rings (SSSR count). The van der Waals surface area contributed by atoms with E-state index < -0.39 is 6.04 Å². The summed E-state index contributed by atoms with van der Waals surface area (Å²) in [5.74, 6) is 0.645. The van der Waals surface area contributed by atoms with Gasteiger partial charge in [0.2, 0.25) is 5.91 Å². The average Bonchev–Trinajstić information content (AvgIpc) is 2.70. The Hall–Kier alpha value is -1.88. The minimum atomic E-state index is -0.501. The van der Waals surface area contributed by atoms with Crippen LogP contribution in [0, 0.1) is 11.8 Å². The summed E-state index contributed by atoms with van der Waals surface area (Å²) in [5, 5.41) is 5.94. The van der Waals surface area contributed by atoms with Crippen LogP contribution in [0.2, 0.25) is 0 Å². The van der Waals surface area contributed by atoms with Crippen molar-refractivity contribution in [2.45, 2.75) is 52.5 Å². The van der Waals surface area contributed by atoms with Gasteiger partial charge in [-0.3, -0.25) is 9.59 Å². The van der Waals surface area contributed by atoms with Crippen molar-refractivity contribution in [3.05, 3.63) is 35.9 Å². The summed E-state index contributed by atoms with van der Waals surface area (Å²) in [4.78, 5) is 27.6. The van der Waals surface area contributed by atoms with Crippen molar-refractivity contribution >= 4 is 11.8 Å². The molecule has 2 amide bonds. The predicted octanol–water partition coefficient (Wildman–Crippen LogP) is 3.07. The van der Waals surface area contributed by atoms with Gasteiger partial charge in [0.05, 0.1) is 0 Å². The molecule has 0 bridgehead atoms. The highest BCUT2D eigenvalue weighted by atomic mass is 16.2. The van der Waals surface area contributed by atoms with Crippen LogP contribution in [0.15, 0.2) is 30.3 Å². The molecule has 1 aromatic rings. The molecule has 5 heteroatoms. The van der Waals surface area contributed by atoms with Gasteiger partial charge in [-0.25, -0.2) is 0 Å². The highest BCUT2D eigenvalue weighted by Gasteiger charge is 2.26. The number of carbonyl (C=O) groups is 2. The second-order valence-electron chi connectivity index (χ2n) is 7.87. The first-order valence-electron chi connectivity index (χ1n) is 10.4. The number of likely N-dealkylation sites (tertiary alicyclic amines) is 1. The molecule has 0 spiro atoms. The van der Waals surface area contributed by atoms with Crippen LogP contribution in [0.5, 0.6) is 0 Å². The van der Waals surface area contributed by atoms with Crippen molar-refractivity contribution in [1.29, 1.82) is 0 Å². The van der Waals surface area contributed by atoms with E-state index in [4.69, 9.17) is 0 Å². The van der Waals surface area contributed by atoms with E-state index in [-0.39, 0.29) is 17.7 Å². The van der Waals surface area contributed by atoms with E-state index in [2.05, 4.69) is 22.5 Å². The minimum Gasteiger partial charge on any atom is -0.354 e. The lowest BCUT2D eigenvalue weighted by Crippen LogP contribution is -2.50. The normalized spacial score (nSPS) is 17.9. The summed E-state index contributed by atoms with van der Waals surface area (Å²) in [7, 11) is 0. The fourth-order valence-electron chi connectivity index (χ4n) is 3.43. The molecule has 0 aliphatic carbocycles. The number of nitrogens with zero attached hydrogens (tertiary/aromatic N) is 1. The number of hydrogen-bond donors (Lipinski definition) is 2. The lowest BCUT2D eigenvalue weighted by atomic mass is 9.97. The Morgan fingerprint density at radius 2 is 1.85 bits per heavy atom. The van der Waals surface area contributed by atoms with Gasteiger partial charge in [-0.05, 0) is 62.9 Å². The Morgan fingerprint density at radius 1 is 1.19 bits per heavy atom. The predicted molar refractivity (Wildman–Crippen MR) is 110 cm³/mol. The van der Waals surface area contributed by atoms with Crippen molar-refractivity contribution in [3.8, 4) is 0 Å². The van der Waals surface area contributed by atoms with Crippen LogP contribution < -0.4 is 10.6 Å². The summed E-state index contributed by atoms with van der Waals surface area (Å²) in [5.41, 5.74) is 0.581. The van der Waals surface area contributed by atoms with Crippen molar-refractivity contribution in [1.82, 2.24) is 15.5 Å². The molecule has 1 aliphatic heterocycles. The number of rotatable bonds is 9. The third-order valence-electron chi connectivity index (χ3n) is 5.64. The van der Waals surface area contributed by atoms with E-state index in [0.29, 0.717) is 12.1 Å². The minimum absolute atomic E-state index is 0.0825. The third kappa shape index (κ3) is 6.98. The van der Waals surface area contributed by atoms with E-state index >= 15 is 0 Å². The summed E-state index contributed by atoms with van der Waals surface area (Å²) < 4.78 is 0. The van der Waals surface area contributed by atoms with E-state index in [1.54, 1.807) is 12.1 Å². The molecule has 1 fully saturated rings. The lowest BCUT2D eigenvalue weighted by Gasteiger charge is -2.30. The van der Waals surface area contributed by atoms with Crippen LogP contribution in [-0.4, -0.2) is 48.9 Å². The zero-order valence-electron chi connectivity index (χ0n) is 17.0. The Bertz CT molecular complexity index is 582. The summed E-state index contributed by atoms with van der Waals surface area (Å²) in [6.07, 6.45) is 4.32. The van der Waals surface area contributed by atoms with Gasteiger partial charge in [0.1, 0.15) is 6.04 Å². The van der Waals surface area contributed by atoms with Gasteiger partial charge in [-0.15, -0.1) is 0 Å². The van der Waals surface area contributed by atoms with Crippen LogP contribution >= 0.6 is 0 Å². The molecule has 1 heterocycles. The van der Waals surface area contributed by atoms with Gasteiger partial charge < -0.3 is 15.5 Å². The molecule has 2 atom stereocenters. The molecule has 1 saturated heterocycles. The quantitative estimate of drug-likeness (QED) is 0.654. The van der Waals surface area contributed by atoms with Crippen molar-refractivity contribution in [2.24, 2.45) is 11.8 Å². The zero-order chi connectivity index (χ0) is 19.6. The lowest BCUT2D eigenvalue weighted by molar-refractivity contribution is -0.124. The van der Waals surface area contributed by atoms with E-state index in [1.165, 1.54) is 12.8 Å². The van der Waals surface area contributed by atoms with Crippen molar-refractivity contribution < 1.29 is 9.59 Å². The Labute approximate surface area is 163 Å². The standard InChI is InChI=1S/C22H35N3O2/c1-4-18(3)20(24-21(26)19-9-6-5-7-10-19)22(27)23-13-8-14-25-15-11-17(2)12-16-25/h5-7,9-10,17-18,20H,4,8,11-16H2,1-3H3,(H,23,27)(H,24,26)/t18-,20+/m0/s1. The van der Waals surface area contributed by atoms with Crippen LogP contribution in [-0.2, 0) is 4.79 Å². The zero-order valence-corrected chi connectivity index (χ0v) is 17.0. The first kappa shape index (κ1) is 21.4. The van der Waals surface area contributed by atoms with Crippen molar-refractivity contribution in [3.63, 3.8) is 0 Å². The average molecular weight is 374 g/mol. The molecule has 0 unspecified atom stereocenters. The number of nitrogens with one attached hydrogen (secondary N) is 2. The Morgan fingerprint density at radius 3 is 2.48 bits per heavy atom. The van der Waals surface area contributed by atoms with Crippen LogP contribution in [0.25, 0.3) is 0 Å². The number of benzene rings is 1. The summed E-state index contributed by atoms with van der Waals surface area (Å²) in [6.45, 7) is 10.4. The highest BCUT2D eigenvalue weighted by Crippen LogP contribution is 2.15. The number of hydrogen-bond acceptors (Lipinski definition) is 3. The number of amides is 2. The van der Waals surface area contributed by atoms with Gasteiger partial charge in [-0.1, -0.05) is 45.4 Å². The Kier molecular flexibility index (Phi) is 8.79. The number of carbonyl (C=O) groups excluding carboxylic acids is 2. The smallest absolute Gasteiger partial charge is 0.251 e. The molecule has 27 heavy (non-hydrogen) atoms. The Balaban J connectivity index is 1.79. The first-order valence-corrected chi connectivity index (χ1v) is 10.4. The largest absolute Gasteiger partial charge is 0.354 e. The van der Waals surface area contributed by atoms with Gasteiger partial charge in [0, 0.05) is 12.1 Å². The fourth-order valence-corrected chi connectivity index (χ4v) is 3.43. The summed E-state index contributed by atoms with van der Waals surface area (Å²) >= 11 is 0. The molecule has 0 aromatic heterocycles. The number of piperidine rings is 1. The molecule has 0 radical (unpaired) electrons. The molecule has 5 nitrogen and oxygen atoms in total. The first-order chi connectivity index (χ1) is 13.0. The molecule has 150 valence electrons. The second-order valence-corrected chi connectivity index (χ2v) is 7.87. The molecule has 1 aromatic carbocycles. The maximum absolute atomic E-state index is 12.7. The monoisotopic (exact) mass is 373 g/mol. The van der Waals surface area contributed by atoms with Gasteiger partial charge >= 0.3 is 0 Å². The topological polar surface area (TPSA) is 61.4 Å². The molecule has 1 aliphatic rings. The van der Waals surface area contributed by atoms with Crippen LogP contribution in [0.1, 0.15) is 56.8 Å². The molecular formula is C22H35N3O2. The third-order valence-corrected chi connectivity index (χ3v) is 5.64. The van der Waals surface area contributed by atoms with E-state index in [1.807, 2.05) is 32.0 Å². The second kappa shape index (κ2) is 11.1. The molecule has 0 saturated carbocycles. The van der Waals surface area contributed by atoms with Gasteiger partial charge in [0.15, 0.2) is 0 Å². The van der Waals surface area contributed by atoms with Crippen molar-refractivity contribution in [2.75, 3.05) is 26.2 Å². The van der Waals surface area contributed by atoms with Crippen LogP contribution in [0.4, 0.5) is 0 Å². The van der Waals surface area contributed by atoms with Crippen LogP contribution in [0.3, 0.4) is 0 Å². The SMILES string of the molecule is CC[C@H](C)[C@@H](NC(=O)c1ccccc1)C(=O)NCCCN1CCC(C)CC1. The molecular weight excluding hydrogens is 338 g/mol. The highest BCUT2D eigenvalue weighted by molar-refractivity contribution is 5.97. The fraction of sp³-hybridized carbons (Fsp3) is 0.636. The summed E-state index contributed by atoms with van der Waals surface area (Å²) in [6, 6.07) is 8.56. The van der Waals surface area contributed by atoms with E-state index in [9.17, 15) is 9.59 Å². The van der Waals surface area contributed by atoms with E-state index in [0.717, 1.165) is 38.4 Å². The maximum atomic E-state index is 12.7. The molecule has 2 N–H and O–H groups in total. The van der Waals surface area contributed by atoms with Gasteiger partial charge in [-0.2, -0.15) is 0 Å². The maximum Gasteiger partial charge on any atom is 0.251 e. The van der Waals surface area contributed by atoms with Gasteiger partial charge in [0.25, 0.3) is 5.91 Å².